The van der Waals surface area contributed by atoms with Gasteiger partial charge in [0, 0.05) is 23.5 Å². The van der Waals surface area contributed by atoms with Crippen molar-refractivity contribution in [1.82, 2.24) is 0 Å². The van der Waals surface area contributed by atoms with E-state index in [-0.39, 0.29) is 0 Å². The summed E-state index contributed by atoms with van der Waals surface area (Å²) in [6, 6.07) is 3.72. The molecule has 0 bridgehead atoms. The fraction of sp³-hybridized carbons (Fsp3) is 0.455. The molecule has 0 unspecified atom stereocenters. The number of alkyl halides is 3. The number of hydrogen-bond acceptors (Lipinski definition) is 2. The van der Waals surface area contributed by atoms with Crippen molar-refractivity contribution in [3.8, 4) is 0 Å². The number of benzene rings is 1. The fourth-order valence-corrected chi connectivity index (χ4v) is 2.48. The summed E-state index contributed by atoms with van der Waals surface area (Å²) in [6.45, 7) is 2.23. The van der Waals surface area contributed by atoms with E-state index in [1.807, 2.05) is 4.90 Å². The van der Waals surface area contributed by atoms with Crippen molar-refractivity contribution in [2.45, 2.75) is 6.18 Å². The molecule has 1 aliphatic rings. The van der Waals surface area contributed by atoms with E-state index in [2.05, 4.69) is 15.9 Å². The van der Waals surface area contributed by atoms with Crippen LogP contribution in [0.3, 0.4) is 0 Å². The molecule has 0 amide bonds. The number of nitrogens with two attached hydrogens (primary N) is 1. The molecule has 6 heteroatoms. The highest BCUT2D eigenvalue weighted by molar-refractivity contribution is 9.10. The van der Waals surface area contributed by atoms with Gasteiger partial charge in [-0.3, -0.25) is 0 Å². The molecule has 2 rings (SSSR count). The van der Waals surface area contributed by atoms with Gasteiger partial charge in [0.1, 0.15) is 0 Å². The lowest BCUT2D eigenvalue weighted by Gasteiger charge is -2.41. The minimum absolute atomic E-state index is 0.448. The Morgan fingerprint density at radius 2 is 2.00 bits per heavy atom. The molecule has 1 saturated heterocycles. The number of halogens is 4. The molecule has 0 atom stereocenters. The lowest BCUT2D eigenvalue weighted by molar-refractivity contribution is -0.137. The Kier molecular flexibility index (Phi) is 3.36. The van der Waals surface area contributed by atoms with Crippen molar-refractivity contribution in [2.75, 3.05) is 24.5 Å². The summed E-state index contributed by atoms with van der Waals surface area (Å²) >= 11 is 3.18. The van der Waals surface area contributed by atoms with Gasteiger partial charge < -0.3 is 10.6 Å². The zero-order valence-electron chi connectivity index (χ0n) is 8.97. The second kappa shape index (κ2) is 4.49. The maximum Gasteiger partial charge on any atom is 0.416 e. The number of rotatable bonds is 2. The third kappa shape index (κ3) is 2.57. The van der Waals surface area contributed by atoms with Crippen LogP contribution in [0, 0.1) is 5.92 Å². The van der Waals surface area contributed by atoms with Crippen molar-refractivity contribution in [3.63, 3.8) is 0 Å². The van der Waals surface area contributed by atoms with Gasteiger partial charge in [-0.2, -0.15) is 13.2 Å². The van der Waals surface area contributed by atoms with E-state index in [0.29, 0.717) is 16.9 Å². The molecule has 0 saturated carbocycles. The van der Waals surface area contributed by atoms with E-state index in [1.54, 1.807) is 0 Å². The summed E-state index contributed by atoms with van der Waals surface area (Å²) in [7, 11) is 0. The summed E-state index contributed by atoms with van der Waals surface area (Å²) < 4.78 is 37.9. The number of nitrogens with zero attached hydrogens (tertiary/aromatic N) is 1. The van der Waals surface area contributed by atoms with Crippen LogP contribution in [-0.4, -0.2) is 19.6 Å². The van der Waals surface area contributed by atoms with E-state index in [9.17, 15) is 13.2 Å². The Balaban J connectivity index is 2.16. The lowest BCUT2D eigenvalue weighted by Crippen LogP contribution is -2.50. The third-order valence-electron chi connectivity index (χ3n) is 2.91. The average molecular weight is 309 g/mol. The van der Waals surface area contributed by atoms with Crippen LogP contribution in [0.5, 0.6) is 0 Å². The molecule has 94 valence electrons. The largest absolute Gasteiger partial charge is 0.416 e. The first-order valence-corrected chi connectivity index (χ1v) is 6.03. The highest BCUT2D eigenvalue weighted by Crippen LogP contribution is 2.37. The van der Waals surface area contributed by atoms with Crippen molar-refractivity contribution < 1.29 is 13.2 Å². The van der Waals surface area contributed by atoms with Crippen LogP contribution >= 0.6 is 15.9 Å². The standard InChI is InChI=1S/C11H12BrF3N2/c12-9-3-8(11(13,14)15)1-2-10(9)17-5-7(4-16)6-17/h1-3,7H,4-6,16H2. The Morgan fingerprint density at radius 3 is 2.47 bits per heavy atom. The minimum atomic E-state index is -4.30. The van der Waals surface area contributed by atoms with E-state index in [1.165, 1.54) is 6.07 Å². The van der Waals surface area contributed by atoms with Gasteiger partial charge in [0.25, 0.3) is 0 Å². The molecule has 0 aromatic heterocycles. The maximum atomic E-state index is 12.5. The van der Waals surface area contributed by atoms with E-state index < -0.39 is 11.7 Å². The van der Waals surface area contributed by atoms with Crippen molar-refractivity contribution in [2.24, 2.45) is 11.7 Å². The fourth-order valence-electron chi connectivity index (χ4n) is 1.86. The predicted octanol–water partition coefficient (Wildman–Crippen LogP) is 2.86. The molecule has 2 N–H and O–H groups in total. The molecule has 1 heterocycles. The van der Waals surface area contributed by atoms with Gasteiger partial charge in [-0.15, -0.1) is 0 Å². The summed E-state index contributed by atoms with van der Waals surface area (Å²) in [5, 5.41) is 0. The quantitative estimate of drug-likeness (QED) is 0.910. The molecule has 1 fully saturated rings. The topological polar surface area (TPSA) is 29.3 Å². The summed E-state index contributed by atoms with van der Waals surface area (Å²) in [5.41, 5.74) is 5.67. The van der Waals surface area contributed by atoms with E-state index in [4.69, 9.17) is 5.73 Å². The smallest absolute Gasteiger partial charge is 0.370 e. The lowest BCUT2D eigenvalue weighted by atomic mass is 9.99. The van der Waals surface area contributed by atoms with Gasteiger partial charge in [-0.05, 0) is 40.7 Å². The molecule has 1 aromatic carbocycles. The molecule has 0 aliphatic carbocycles. The highest BCUT2D eigenvalue weighted by atomic mass is 79.9. The van der Waals surface area contributed by atoms with Crippen LogP contribution in [0.25, 0.3) is 0 Å². The molecule has 17 heavy (non-hydrogen) atoms. The minimum Gasteiger partial charge on any atom is -0.370 e. The van der Waals surface area contributed by atoms with E-state index >= 15 is 0 Å². The second-order valence-electron chi connectivity index (χ2n) is 4.17. The molecular weight excluding hydrogens is 297 g/mol. The van der Waals surface area contributed by atoms with Crippen LogP contribution in [0.15, 0.2) is 22.7 Å². The maximum absolute atomic E-state index is 12.5. The Morgan fingerprint density at radius 1 is 1.35 bits per heavy atom. The normalized spacial score (nSPS) is 17.1. The molecule has 1 aliphatic heterocycles. The van der Waals surface area contributed by atoms with Crippen LogP contribution in [0.4, 0.5) is 18.9 Å². The van der Waals surface area contributed by atoms with Crippen LogP contribution < -0.4 is 10.6 Å². The number of hydrogen-bond donors (Lipinski definition) is 1. The summed E-state index contributed by atoms with van der Waals surface area (Å²) in [5.74, 6) is 0.448. The van der Waals surface area contributed by atoms with Crippen molar-refractivity contribution in [1.29, 1.82) is 0 Å². The van der Waals surface area contributed by atoms with Gasteiger partial charge in [-0.1, -0.05) is 0 Å². The first-order valence-electron chi connectivity index (χ1n) is 5.23. The third-order valence-corrected chi connectivity index (χ3v) is 3.54. The second-order valence-corrected chi connectivity index (χ2v) is 5.02. The summed E-state index contributed by atoms with van der Waals surface area (Å²) in [6.07, 6.45) is -4.30. The zero-order chi connectivity index (χ0) is 12.6. The average Bonchev–Trinajstić information content (AvgIpc) is 2.17. The number of anilines is 1. The van der Waals surface area contributed by atoms with Crippen molar-refractivity contribution in [3.05, 3.63) is 28.2 Å². The molecular formula is C11H12BrF3N2. The Hall–Kier alpha value is -0.750. The van der Waals surface area contributed by atoms with Crippen LogP contribution in [-0.2, 0) is 6.18 Å². The van der Waals surface area contributed by atoms with Gasteiger partial charge >= 0.3 is 6.18 Å². The Bertz CT molecular complexity index is 414. The molecule has 2 nitrogen and oxygen atoms in total. The molecule has 1 aromatic rings. The van der Waals surface area contributed by atoms with Gasteiger partial charge in [-0.25, -0.2) is 0 Å². The first kappa shape index (κ1) is 12.7. The predicted molar refractivity (Wildman–Crippen MR) is 63.9 cm³/mol. The van der Waals surface area contributed by atoms with Crippen LogP contribution in [0.1, 0.15) is 5.56 Å². The monoisotopic (exact) mass is 308 g/mol. The van der Waals surface area contributed by atoms with Crippen LogP contribution in [0.2, 0.25) is 0 Å². The zero-order valence-corrected chi connectivity index (χ0v) is 10.6. The van der Waals surface area contributed by atoms with Gasteiger partial charge in [0.15, 0.2) is 0 Å². The van der Waals surface area contributed by atoms with Crippen molar-refractivity contribution >= 4 is 21.6 Å². The molecule has 0 radical (unpaired) electrons. The highest BCUT2D eigenvalue weighted by Gasteiger charge is 2.32. The SMILES string of the molecule is NCC1CN(c2ccc(C(F)(F)F)cc2Br)C1. The first-order chi connectivity index (χ1) is 7.91. The van der Waals surface area contributed by atoms with Gasteiger partial charge in [0.2, 0.25) is 0 Å². The summed E-state index contributed by atoms with van der Waals surface area (Å²) in [4.78, 5) is 2.02. The Labute approximate surface area is 106 Å². The molecule has 0 spiro atoms. The van der Waals surface area contributed by atoms with Gasteiger partial charge in [0.05, 0.1) is 11.3 Å². The van der Waals surface area contributed by atoms with E-state index in [0.717, 1.165) is 30.9 Å².